The fourth-order valence-corrected chi connectivity index (χ4v) is 5.07. The molecule has 0 aliphatic carbocycles. The van der Waals surface area contributed by atoms with E-state index in [0.717, 1.165) is 16.3 Å². The molecule has 0 saturated carbocycles. The molecule has 1 aliphatic heterocycles. The van der Waals surface area contributed by atoms with Crippen molar-refractivity contribution in [1.29, 1.82) is 0 Å². The molecule has 1 aromatic heterocycles. The van der Waals surface area contributed by atoms with Gasteiger partial charge in [-0.2, -0.15) is 13.2 Å². The van der Waals surface area contributed by atoms with Gasteiger partial charge in [-0.3, -0.25) is 4.79 Å². The molecule has 0 amide bonds. The van der Waals surface area contributed by atoms with Crippen LogP contribution in [0.15, 0.2) is 50.6 Å². The van der Waals surface area contributed by atoms with Crippen molar-refractivity contribution in [2.75, 3.05) is 7.11 Å². The highest BCUT2D eigenvalue weighted by atomic mass is 79.9. The molecule has 0 radical (unpaired) electrons. The van der Waals surface area contributed by atoms with Gasteiger partial charge in [-0.25, -0.2) is 4.79 Å². The minimum absolute atomic E-state index is 0.0619. The molecule has 28 heavy (non-hydrogen) atoms. The molecule has 0 saturated heterocycles. The van der Waals surface area contributed by atoms with E-state index in [0.29, 0.717) is 10.9 Å². The molecule has 0 bridgehead atoms. The number of esters is 1. The molecule has 4 nitrogen and oxygen atoms in total. The second-order valence-electron chi connectivity index (χ2n) is 6.24. The SMILES string of the molecule is COC(=O)C1=C(C(F)(F)F)NC(C)=C(C(C)=O)C1c1csc2c(Br)cccc12. The molecule has 148 valence electrons. The van der Waals surface area contributed by atoms with Gasteiger partial charge in [0.15, 0.2) is 5.78 Å². The number of carbonyl (C=O) groups is 2. The van der Waals surface area contributed by atoms with Crippen LogP contribution in [0, 0.1) is 0 Å². The van der Waals surface area contributed by atoms with Crippen molar-refractivity contribution in [3.63, 3.8) is 0 Å². The molecule has 3 rings (SSSR count). The third-order valence-electron chi connectivity index (χ3n) is 4.52. The van der Waals surface area contributed by atoms with Crippen LogP contribution >= 0.6 is 27.3 Å². The minimum Gasteiger partial charge on any atom is -0.466 e. The Balaban J connectivity index is 2.40. The number of fused-ring (bicyclic) bond motifs is 1. The van der Waals surface area contributed by atoms with Crippen molar-refractivity contribution in [2.45, 2.75) is 25.9 Å². The summed E-state index contributed by atoms with van der Waals surface area (Å²) in [7, 11) is 1.02. The standard InChI is InChI=1S/C19H15BrF3NO3S/c1-8-13(9(2)25)14(11-7-28-16-10(11)5-4-6-12(16)20)15(18(26)27-3)17(24-8)19(21,22)23/h4-7,14,24H,1-3H3. The Labute approximate surface area is 171 Å². The molecular formula is C19H15BrF3NO3S. The predicted molar refractivity (Wildman–Crippen MR) is 104 cm³/mol. The molecule has 1 aromatic carbocycles. The highest BCUT2D eigenvalue weighted by Gasteiger charge is 2.46. The van der Waals surface area contributed by atoms with Crippen LogP contribution in [0.3, 0.4) is 0 Å². The van der Waals surface area contributed by atoms with Crippen molar-refractivity contribution in [3.8, 4) is 0 Å². The van der Waals surface area contributed by atoms with Crippen LogP contribution in [-0.4, -0.2) is 25.0 Å². The number of hydrogen-bond acceptors (Lipinski definition) is 5. The third kappa shape index (κ3) is 3.37. The summed E-state index contributed by atoms with van der Waals surface area (Å²) in [5.74, 6) is -2.75. The topological polar surface area (TPSA) is 55.4 Å². The van der Waals surface area contributed by atoms with Crippen LogP contribution in [0.25, 0.3) is 10.1 Å². The quantitative estimate of drug-likeness (QED) is 0.622. The summed E-state index contributed by atoms with van der Waals surface area (Å²) < 4.78 is 47.5. The maximum Gasteiger partial charge on any atom is 0.431 e. The zero-order chi connectivity index (χ0) is 20.8. The van der Waals surface area contributed by atoms with Crippen LogP contribution in [0.2, 0.25) is 0 Å². The Bertz CT molecular complexity index is 1050. The first-order valence-corrected chi connectivity index (χ1v) is 9.79. The van der Waals surface area contributed by atoms with Crippen molar-refractivity contribution < 1.29 is 27.5 Å². The van der Waals surface area contributed by atoms with E-state index in [2.05, 4.69) is 26.0 Å². The molecular weight excluding hydrogens is 459 g/mol. The first kappa shape index (κ1) is 20.6. The fourth-order valence-electron chi connectivity index (χ4n) is 3.42. The van der Waals surface area contributed by atoms with Crippen molar-refractivity contribution in [1.82, 2.24) is 5.32 Å². The third-order valence-corrected chi connectivity index (χ3v) is 6.49. The van der Waals surface area contributed by atoms with Crippen LogP contribution in [-0.2, 0) is 14.3 Å². The second-order valence-corrected chi connectivity index (χ2v) is 7.97. The van der Waals surface area contributed by atoms with Gasteiger partial charge in [0.05, 0.1) is 12.7 Å². The lowest BCUT2D eigenvalue weighted by atomic mass is 9.78. The van der Waals surface area contributed by atoms with E-state index >= 15 is 0 Å². The van der Waals surface area contributed by atoms with Gasteiger partial charge in [-0.1, -0.05) is 12.1 Å². The van der Waals surface area contributed by atoms with E-state index in [9.17, 15) is 22.8 Å². The van der Waals surface area contributed by atoms with E-state index in [1.807, 2.05) is 6.07 Å². The molecule has 9 heteroatoms. The minimum atomic E-state index is -4.82. The van der Waals surface area contributed by atoms with Gasteiger partial charge in [-0.15, -0.1) is 11.3 Å². The lowest BCUT2D eigenvalue weighted by Crippen LogP contribution is -2.37. The summed E-state index contributed by atoms with van der Waals surface area (Å²) in [5, 5.41) is 4.56. The summed E-state index contributed by atoms with van der Waals surface area (Å²) in [5.41, 5.74) is -1.21. The number of nitrogens with one attached hydrogen (secondary N) is 1. The first-order chi connectivity index (χ1) is 13.1. The zero-order valence-electron chi connectivity index (χ0n) is 15.0. The number of rotatable bonds is 3. The monoisotopic (exact) mass is 473 g/mol. The number of ketones is 1. The van der Waals surface area contributed by atoms with E-state index in [1.165, 1.54) is 25.2 Å². The van der Waals surface area contributed by atoms with Crippen LogP contribution in [0.4, 0.5) is 13.2 Å². The number of ether oxygens (including phenoxy) is 1. The lowest BCUT2D eigenvalue weighted by Gasteiger charge is -2.31. The van der Waals surface area contributed by atoms with Gasteiger partial charge < -0.3 is 10.1 Å². The Morgan fingerprint density at radius 3 is 2.50 bits per heavy atom. The predicted octanol–water partition coefficient (Wildman–Crippen LogP) is 5.20. The number of halogens is 4. The van der Waals surface area contributed by atoms with E-state index < -0.39 is 35.1 Å². The lowest BCUT2D eigenvalue weighted by molar-refractivity contribution is -0.138. The van der Waals surface area contributed by atoms with Gasteiger partial charge in [0.2, 0.25) is 0 Å². The highest BCUT2D eigenvalue weighted by Crippen LogP contribution is 2.47. The summed E-state index contributed by atoms with van der Waals surface area (Å²) in [6, 6.07) is 5.32. The number of carbonyl (C=O) groups excluding carboxylic acids is 2. The number of allylic oxidation sites excluding steroid dienone is 3. The number of benzene rings is 1. The van der Waals surface area contributed by atoms with Crippen LogP contribution < -0.4 is 5.32 Å². The average molecular weight is 474 g/mol. The molecule has 1 aliphatic rings. The first-order valence-electron chi connectivity index (χ1n) is 8.12. The molecule has 0 spiro atoms. The normalized spacial score (nSPS) is 17.8. The van der Waals surface area contributed by atoms with Gasteiger partial charge in [0.25, 0.3) is 0 Å². The number of alkyl halides is 3. The smallest absolute Gasteiger partial charge is 0.431 e. The number of hydrogen-bond donors (Lipinski definition) is 1. The van der Waals surface area contributed by atoms with E-state index in [4.69, 9.17) is 0 Å². The number of thiophene rings is 1. The molecule has 1 atom stereocenters. The fraction of sp³-hybridized carbons (Fsp3) is 0.263. The van der Waals surface area contributed by atoms with Gasteiger partial charge in [0.1, 0.15) is 5.70 Å². The zero-order valence-corrected chi connectivity index (χ0v) is 17.4. The van der Waals surface area contributed by atoms with Crippen LogP contribution in [0.1, 0.15) is 25.3 Å². The molecule has 0 fully saturated rings. The Kier molecular flexibility index (Phi) is 5.42. The summed E-state index contributed by atoms with van der Waals surface area (Å²) in [4.78, 5) is 24.8. The Morgan fingerprint density at radius 2 is 1.93 bits per heavy atom. The molecule has 1 N–H and O–H groups in total. The summed E-state index contributed by atoms with van der Waals surface area (Å²) in [6.07, 6.45) is -4.82. The molecule has 1 unspecified atom stereocenters. The molecule has 2 aromatic rings. The maximum absolute atomic E-state index is 13.7. The summed E-state index contributed by atoms with van der Waals surface area (Å²) in [6.45, 7) is 2.67. The van der Waals surface area contributed by atoms with Gasteiger partial charge >= 0.3 is 12.1 Å². The maximum atomic E-state index is 13.7. The van der Waals surface area contributed by atoms with Crippen molar-refractivity contribution in [2.24, 2.45) is 0 Å². The molecule has 2 heterocycles. The van der Waals surface area contributed by atoms with E-state index in [-0.39, 0.29) is 11.3 Å². The largest absolute Gasteiger partial charge is 0.466 e. The van der Waals surface area contributed by atoms with E-state index in [1.54, 1.807) is 17.5 Å². The average Bonchev–Trinajstić information content (AvgIpc) is 3.04. The summed E-state index contributed by atoms with van der Waals surface area (Å²) >= 11 is 4.75. The second kappa shape index (κ2) is 7.36. The Morgan fingerprint density at radius 1 is 1.25 bits per heavy atom. The Hall–Kier alpha value is -2.13. The van der Waals surface area contributed by atoms with Crippen LogP contribution in [0.5, 0.6) is 0 Å². The highest BCUT2D eigenvalue weighted by molar-refractivity contribution is 9.10. The van der Waals surface area contributed by atoms with Crippen molar-refractivity contribution >= 4 is 49.1 Å². The van der Waals surface area contributed by atoms with Gasteiger partial charge in [0, 0.05) is 26.4 Å². The van der Waals surface area contributed by atoms with Crippen molar-refractivity contribution in [3.05, 3.63) is 56.2 Å². The number of dihydropyridines is 1. The van der Waals surface area contributed by atoms with Gasteiger partial charge in [-0.05, 0) is 52.2 Å². The number of methoxy groups -OCH3 is 1. The number of Topliss-reactive ketones (excluding diaryl/α,β-unsaturated/α-hetero) is 1.